The predicted molar refractivity (Wildman–Crippen MR) is 122 cm³/mol. The van der Waals surface area contributed by atoms with Crippen molar-refractivity contribution in [1.29, 1.82) is 0 Å². The van der Waals surface area contributed by atoms with E-state index in [1.165, 1.54) is 12.1 Å². The molecule has 32 heavy (non-hydrogen) atoms. The molecule has 2 aromatic carbocycles. The number of carbonyl (C=O) groups excluding carboxylic acids is 1. The minimum Gasteiger partial charge on any atom is -0.444 e. The summed E-state index contributed by atoms with van der Waals surface area (Å²) in [5.41, 5.74) is 0.888. The predicted octanol–water partition coefficient (Wildman–Crippen LogP) is 5.06. The van der Waals surface area contributed by atoms with Crippen LogP contribution in [0.1, 0.15) is 26.3 Å². The van der Waals surface area contributed by atoms with Crippen molar-refractivity contribution < 1.29 is 18.8 Å². The van der Waals surface area contributed by atoms with Gasteiger partial charge in [0.25, 0.3) is 0 Å². The number of benzene rings is 2. The number of anilines is 2. The monoisotopic (exact) mass is 464 g/mol. The van der Waals surface area contributed by atoms with Crippen LogP contribution in [0, 0.1) is 15.9 Å². The Morgan fingerprint density at radius 3 is 2.50 bits per heavy atom. The van der Waals surface area contributed by atoms with Crippen LogP contribution < -0.4 is 10.2 Å². The van der Waals surface area contributed by atoms with E-state index < -0.39 is 16.3 Å². The van der Waals surface area contributed by atoms with Gasteiger partial charge in [-0.3, -0.25) is 10.1 Å². The van der Waals surface area contributed by atoms with Gasteiger partial charge in [-0.05, 0) is 50.6 Å². The van der Waals surface area contributed by atoms with Crippen molar-refractivity contribution in [3.8, 4) is 0 Å². The Kier molecular flexibility index (Phi) is 7.08. The quantitative estimate of drug-likeness (QED) is 0.491. The molecule has 0 saturated carbocycles. The number of rotatable bonds is 5. The molecule has 1 aliphatic heterocycles. The molecule has 172 valence electrons. The normalized spacial score (nSPS) is 14.3. The number of piperazine rings is 1. The van der Waals surface area contributed by atoms with Crippen LogP contribution in [-0.4, -0.2) is 47.7 Å². The van der Waals surface area contributed by atoms with Gasteiger partial charge >= 0.3 is 11.8 Å². The van der Waals surface area contributed by atoms with Gasteiger partial charge in [0.05, 0.1) is 9.95 Å². The molecule has 1 aliphatic rings. The zero-order valence-electron chi connectivity index (χ0n) is 18.2. The number of halogens is 2. The second kappa shape index (κ2) is 9.60. The molecule has 1 amide bonds. The molecule has 0 aromatic heterocycles. The summed E-state index contributed by atoms with van der Waals surface area (Å²) in [6, 6.07) is 9.37. The van der Waals surface area contributed by atoms with Crippen molar-refractivity contribution in [1.82, 2.24) is 4.90 Å². The second-order valence-corrected chi connectivity index (χ2v) is 8.89. The maximum absolute atomic E-state index is 13.4. The fourth-order valence-corrected chi connectivity index (χ4v) is 3.63. The van der Waals surface area contributed by atoms with Crippen LogP contribution >= 0.6 is 11.6 Å². The van der Waals surface area contributed by atoms with E-state index in [9.17, 15) is 19.3 Å². The van der Waals surface area contributed by atoms with E-state index in [-0.39, 0.29) is 23.3 Å². The third kappa shape index (κ3) is 5.79. The number of para-hydroxylation sites is 1. The van der Waals surface area contributed by atoms with E-state index in [0.717, 1.165) is 0 Å². The highest BCUT2D eigenvalue weighted by Crippen LogP contribution is 2.36. The van der Waals surface area contributed by atoms with Gasteiger partial charge in [-0.2, -0.15) is 0 Å². The average Bonchev–Trinajstić information content (AvgIpc) is 2.73. The van der Waals surface area contributed by atoms with Crippen LogP contribution in [0.4, 0.5) is 26.2 Å². The molecule has 0 bridgehead atoms. The fourth-order valence-electron chi connectivity index (χ4n) is 3.42. The molecule has 8 nitrogen and oxygen atoms in total. The molecule has 1 fully saturated rings. The lowest BCUT2D eigenvalue weighted by atomic mass is 10.1. The van der Waals surface area contributed by atoms with Gasteiger partial charge in [-0.1, -0.05) is 23.7 Å². The molecule has 0 spiro atoms. The lowest BCUT2D eigenvalue weighted by Gasteiger charge is -2.36. The molecule has 0 atom stereocenters. The van der Waals surface area contributed by atoms with Gasteiger partial charge < -0.3 is 19.9 Å². The van der Waals surface area contributed by atoms with Crippen LogP contribution in [0.5, 0.6) is 0 Å². The molecule has 0 unspecified atom stereocenters. The number of hydrogen-bond donors (Lipinski definition) is 1. The lowest BCUT2D eigenvalue weighted by molar-refractivity contribution is -0.383. The largest absolute Gasteiger partial charge is 0.444 e. The van der Waals surface area contributed by atoms with Gasteiger partial charge in [-0.25, -0.2) is 9.18 Å². The first kappa shape index (κ1) is 23.6. The zero-order valence-corrected chi connectivity index (χ0v) is 19.0. The third-order valence-corrected chi connectivity index (χ3v) is 5.23. The number of nitro groups is 1. The molecular formula is C22H26ClFN4O4. The molecule has 1 N–H and O–H groups in total. The molecule has 10 heteroatoms. The Balaban J connectivity index is 1.73. The van der Waals surface area contributed by atoms with Crippen molar-refractivity contribution in [2.45, 2.75) is 32.9 Å². The Labute approximate surface area is 191 Å². The minimum absolute atomic E-state index is 0.00425. The maximum atomic E-state index is 13.4. The van der Waals surface area contributed by atoms with E-state index in [1.54, 1.807) is 29.2 Å². The summed E-state index contributed by atoms with van der Waals surface area (Å²) in [6.45, 7) is 7.36. The number of hydrogen-bond acceptors (Lipinski definition) is 6. The van der Waals surface area contributed by atoms with Crippen LogP contribution in [0.3, 0.4) is 0 Å². The lowest BCUT2D eigenvalue weighted by Crippen LogP contribution is -2.50. The zero-order chi connectivity index (χ0) is 23.5. The van der Waals surface area contributed by atoms with E-state index in [4.69, 9.17) is 16.3 Å². The third-order valence-electron chi connectivity index (χ3n) is 4.94. The van der Waals surface area contributed by atoms with Crippen LogP contribution in [0.2, 0.25) is 5.02 Å². The topological polar surface area (TPSA) is 88.0 Å². The highest BCUT2D eigenvalue weighted by atomic mass is 35.5. The summed E-state index contributed by atoms with van der Waals surface area (Å²) in [4.78, 5) is 27.3. The highest BCUT2D eigenvalue weighted by molar-refractivity contribution is 6.30. The van der Waals surface area contributed by atoms with Crippen molar-refractivity contribution in [3.63, 3.8) is 0 Å². The first-order valence-corrected chi connectivity index (χ1v) is 10.6. The van der Waals surface area contributed by atoms with Crippen molar-refractivity contribution >= 4 is 34.8 Å². The molecule has 2 aromatic rings. The molecule has 0 radical (unpaired) electrons. The fraction of sp³-hybridized carbons (Fsp3) is 0.409. The second-order valence-electron chi connectivity index (χ2n) is 8.49. The van der Waals surface area contributed by atoms with Gasteiger partial charge in [0.2, 0.25) is 0 Å². The number of amides is 1. The molecule has 1 saturated heterocycles. The Morgan fingerprint density at radius 2 is 1.91 bits per heavy atom. The van der Waals surface area contributed by atoms with E-state index in [2.05, 4.69) is 5.32 Å². The number of nitrogens with one attached hydrogen (secondary N) is 1. The van der Waals surface area contributed by atoms with Crippen LogP contribution in [0.25, 0.3) is 0 Å². The first-order valence-electron chi connectivity index (χ1n) is 10.2. The summed E-state index contributed by atoms with van der Waals surface area (Å²) in [6.07, 6.45) is -0.389. The Hall–Kier alpha value is -3.07. The molecule has 1 heterocycles. The van der Waals surface area contributed by atoms with Gasteiger partial charge in [-0.15, -0.1) is 0 Å². The minimum atomic E-state index is -0.582. The van der Waals surface area contributed by atoms with Crippen LogP contribution in [-0.2, 0) is 11.3 Å². The Morgan fingerprint density at radius 1 is 1.22 bits per heavy atom. The first-order chi connectivity index (χ1) is 15.0. The van der Waals surface area contributed by atoms with Crippen LogP contribution in [0.15, 0.2) is 36.4 Å². The van der Waals surface area contributed by atoms with E-state index in [1.807, 2.05) is 25.7 Å². The van der Waals surface area contributed by atoms with Gasteiger partial charge in [0, 0.05) is 32.7 Å². The molecular weight excluding hydrogens is 439 g/mol. The summed E-state index contributed by atoms with van der Waals surface area (Å²) >= 11 is 5.82. The highest BCUT2D eigenvalue weighted by Gasteiger charge is 2.30. The number of nitrogens with zero attached hydrogens (tertiary/aromatic N) is 3. The SMILES string of the molecule is CC(C)(C)OC(=O)N1CCN(c2cccc(NCc3ccc(F)c(Cl)c3)c2[N+](=O)[O-])CC1. The van der Waals surface area contributed by atoms with Gasteiger partial charge in [0.1, 0.15) is 22.8 Å². The standard InChI is InChI=1S/C22H26ClFN4O4/c1-22(2,3)32-21(29)27-11-9-26(10-12-27)19-6-4-5-18(20(19)28(30)31)25-14-15-7-8-17(24)16(23)13-15/h4-8,13,25H,9-12,14H2,1-3H3. The van der Waals surface area contributed by atoms with E-state index in [0.29, 0.717) is 43.1 Å². The van der Waals surface area contributed by atoms with Crippen molar-refractivity contribution in [2.24, 2.45) is 0 Å². The average molecular weight is 465 g/mol. The number of nitro benzene ring substituents is 1. The smallest absolute Gasteiger partial charge is 0.410 e. The Bertz CT molecular complexity index is 1000. The summed E-state index contributed by atoms with van der Waals surface area (Å²) < 4.78 is 18.8. The molecule has 0 aliphatic carbocycles. The van der Waals surface area contributed by atoms with E-state index >= 15 is 0 Å². The van der Waals surface area contributed by atoms with Crippen molar-refractivity contribution in [2.75, 3.05) is 36.4 Å². The molecule has 3 rings (SSSR count). The van der Waals surface area contributed by atoms with Gasteiger partial charge in [0.15, 0.2) is 0 Å². The number of ether oxygens (including phenoxy) is 1. The number of carbonyl (C=O) groups is 1. The van der Waals surface area contributed by atoms with Crippen molar-refractivity contribution in [3.05, 3.63) is 62.9 Å². The maximum Gasteiger partial charge on any atom is 0.410 e. The summed E-state index contributed by atoms with van der Waals surface area (Å²) in [5, 5.41) is 15.0. The summed E-state index contributed by atoms with van der Waals surface area (Å²) in [7, 11) is 0. The summed E-state index contributed by atoms with van der Waals surface area (Å²) in [5.74, 6) is -0.520.